The Hall–Kier alpha value is -1.76. The summed E-state index contributed by atoms with van der Waals surface area (Å²) in [5.41, 5.74) is 3.98. The van der Waals surface area contributed by atoms with E-state index in [1.165, 1.54) is 11.3 Å². The van der Waals surface area contributed by atoms with Crippen LogP contribution in [-0.4, -0.2) is 17.5 Å². The van der Waals surface area contributed by atoms with Crippen molar-refractivity contribution in [2.75, 3.05) is 6.61 Å². The van der Waals surface area contributed by atoms with Crippen LogP contribution in [0.5, 0.6) is 0 Å². The number of carbonyl (C=O) groups excluding carboxylic acids is 1. The molecule has 0 aliphatic heterocycles. The first-order chi connectivity index (χ1) is 9.31. The number of nitrogens with two attached hydrogens (primary N) is 1. The zero-order valence-corrected chi connectivity index (χ0v) is 11.2. The number of aromatic nitrogens is 1. The third-order valence-corrected chi connectivity index (χ3v) is 3.53. The second kappa shape index (κ2) is 6.98. The van der Waals surface area contributed by atoms with E-state index in [0.717, 1.165) is 17.7 Å². The maximum Gasteiger partial charge on any atom is 0.275 e. The molecule has 0 radical (unpaired) electrons. The van der Waals surface area contributed by atoms with Gasteiger partial charge in [-0.15, -0.1) is 11.3 Å². The normalized spacial score (nSPS) is 10.4. The van der Waals surface area contributed by atoms with Crippen molar-refractivity contribution >= 4 is 17.2 Å². The topological polar surface area (TPSA) is 77.2 Å². The summed E-state index contributed by atoms with van der Waals surface area (Å²) in [6.07, 6.45) is 2.52. The van der Waals surface area contributed by atoms with Gasteiger partial charge in [0.05, 0.1) is 18.1 Å². The molecule has 0 unspecified atom stereocenters. The molecule has 0 atom stereocenters. The number of nitrogen functional groups attached to an aromatic ring is 1. The molecule has 3 N–H and O–H groups in total. The van der Waals surface area contributed by atoms with Crippen LogP contribution in [0.3, 0.4) is 0 Å². The van der Waals surface area contributed by atoms with E-state index in [1.807, 2.05) is 29.6 Å². The molecule has 0 aliphatic carbocycles. The summed E-state index contributed by atoms with van der Waals surface area (Å²) in [6.45, 7) is 0.968. The second-order valence-corrected chi connectivity index (χ2v) is 4.79. The number of thiophene rings is 1. The van der Waals surface area contributed by atoms with Crippen molar-refractivity contribution in [2.24, 2.45) is 5.84 Å². The Balaban J connectivity index is 1.80. The number of rotatable bonds is 6. The van der Waals surface area contributed by atoms with E-state index in [-0.39, 0.29) is 5.91 Å². The van der Waals surface area contributed by atoms with Crippen molar-refractivity contribution in [2.45, 2.75) is 13.0 Å². The summed E-state index contributed by atoms with van der Waals surface area (Å²) in [4.78, 5) is 16.3. The molecule has 0 aromatic carbocycles. The number of hydrogen-bond acceptors (Lipinski definition) is 5. The predicted molar refractivity (Wildman–Crippen MR) is 73.6 cm³/mol. The van der Waals surface area contributed by atoms with E-state index >= 15 is 0 Å². The third-order valence-electron chi connectivity index (χ3n) is 2.57. The first kappa shape index (κ1) is 13.7. The molecule has 0 aliphatic rings. The van der Waals surface area contributed by atoms with Crippen molar-refractivity contribution in [1.82, 2.24) is 10.4 Å². The second-order valence-electron chi connectivity index (χ2n) is 3.87. The van der Waals surface area contributed by atoms with Crippen LogP contribution in [0.2, 0.25) is 0 Å². The fourth-order valence-electron chi connectivity index (χ4n) is 1.62. The minimum Gasteiger partial charge on any atom is -0.376 e. The van der Waals surface area contributed by atoms with Gasteiger partial charge in [-0.25, -0.2) is 5.84 Å². The highest BCUT2D eigenvalue weighted by Crippen LogP contribution is 2.17. The fraction of sp³-hybridized carbons (Fsp3) is 0.231. The Morgan fingerprint density at radius 3 is 3.05 bits per heavy atom. The molecule has 2 rings (SSSR count). The Morgan fingerprint density at radius 2 is 2.32 bits per heavy atom. The smallest absolute Gasteiger partial charge is 0.275 e. The molecule has 6 heteroatoms. The predicted octanol–water partition coefficient (Wildman–Crippen LogP) is 1.51. The lowest BCUT2D eigenvalue weighted by atomic mass is 10.2. The highest BCUT2D eigenvalue weighted by atomic mass is 32.1. The van der Waals surface area contributed by atoms with E-state index in [0.29, 0.717) is 18.1 Å². The van der Waals surface area contributed by atoms with Crippen molar-refractivity contribution in [3.8, 4) is 0 Å². The zero-order valence-electron chi connectivity index (χ0n) is 10.3. The zero-order chi connectivity index (χ0) is 13.5. The van der Waals surface area contributed by atoms with Gasteiger partial charge in [0.1, 0.15) is 0 Å². The van der Waals surface area contributed by atoms with Crippen LogP contribution in [0, 0.1) is 0 Å². The lowest BCUT2D eigenvalue weighted by Crippen LogP contribution is -2.30. The van der Waals surface area contributed by atoms with E-state index in [4.69, 9.17) is 10.6 Å². The number of nitrogens with one attached hydrogen (secondary N) is 1. The lowest BCUT2D eigenvalue weighted by Gasteiger charge is -2.05. The number of carbonyl (C=O) groups is 1. The van der Waals surface area contributed by atoms with Gasteiger partial charge in [-0.1, -0.05) is 6.07 Å². The molecule has 0 spiro atoms. The van der Waals surface area contributed by atoms with Crippen LogP contribution in [0.15, 0.2) is 35.8 Å². The van der Waals surface area contributed by atoms with Crippen LogP contribution < -0.4 is 11.3 Å². The molecule has 0 bridgehead atoms. The third kappa shape index (κ3) is 3.85. The Labute approximate surface area is 115 Å². The van der Waals surface area contributed by atoms with Gasteiger partial charge in [0.2, 0.25) is 0 Å². The Kier molecular flexibility index (Phi) is 5.02. The van der Waals surface area contributed by atoms with Crippen molar-refractivity contribution in [3.05, 3.63) is 52.0 Å². The summed E-state index contributed by atoms with van der Waals surface area (Å²) in [5.74, 6) is 4.84. The van der Waals surface area contributed by atoms with Gasteiger partial charge < -0.3 is 4.74 Å². The molecule has 100 valence electrons. The van der Waals surface area contributed by atoms with Crippen molar-refractivity contribution in [3.63, 3.8) is 0 Å². The fourth-order valence-corrected chi connectivity index (χ4v) is 2.43. The Morgan fingerprint density at radius 1 is 1.42 bits per heavy atom. The number of pyridine rings is 1. The summed E-state index contributed by atoms with van der Waals surface area (Å²) >= 11 is 1.35. The van der Waals surface area contributed by atoms with Crippen molar-refractivity contribution < 1.29 is 9.53 Å². The number of ether oxygens (including phenoxy) is 1. The summed E-state index contributed by atoms with van der Waals surface area (Å²) in [5, 5.41) is 1.85. The highest BCUT2D eigenvalue weighted by Gasteiger charge is 2.11. The van der Waals surface area contributed by atoms with Crippen LogP contribution >= 0.6 is 11.3 Å². The SMILES string of the molecule is NNC(=O)c1sccc1COCCc1ccccn1. The molecule has 0 saturated heterocycles. The molecule has 19 heavy (non-hydrogen) atoms. The van der Waals surface area contributed by atoms with Crippen LogP contribution in [0.25, 0.3) is 0 Å². The minimum atomic E-state index is -0.279. The van der Waals surface area contributed by atoms with Crippen LogP contribution in [0.1, 0.15) is 20.9 Å². The molecular weight excluding hydrogens is 262 g/mol. The first-order valence-corrected chi connectivity index (χ1v) is 6.74. The first-order valence-electron chi connectivity index (χ1n) is 5.86. The summed E-state index contributed by atoms with van der Waals surface area (Å²) in [7, 11) is 0. The van der Waals surface area contributed by atoms with Crippen LogP contribution in [-0.2, 0) is 17.8 Å². The molecule has 2 aromatic rings. The molecule has 1 amide bonds. The quantitative estimate of drug-likeness (QED) is 0.363. The molecular formula is C13H15N3O2S. The largest absolute Gasteiger partial charge is 0.376 e. The van der Waals surface area contributed by atoms with Gasteiger partial charge in [-0.3, -0.25) is 15.2 Å². The summed E-state index contributed by atoms with van der Waals surface area (Å²) < 4.78 is 5.56. The molecule has 0 fully saturated rings. The van der Waals surface area contributed by atoms with E-state index in [1.54, 1.807) is 6.20 Å². The number of nitrogens with zero attached hydrogens (tertiary/aromatic N) is 1. The van der Waals surface area contributed by atoms with Crippen molar-refractivity contribution in [1.29, 1.82) is 0 Å². The van der Waals surface area contributed by atoms with Gasteiger partial charge in [0.25, 0.3) is 5.91 Å². The van der Waals surface area contributed by atoms with Gasteiger partial charge in [-0.05, 0) is 23.6 Å². The van der Waals surface area contributed by atoms with Gasteiger partial charge in [0, 0.05) is 23.9 Å². The lowest BCUT2D eigenvalue weighted by molar-refractivity contribution is 0.0945. The van der Waals surface area contributed by atoms with Gasteiger partial charge in [0.15, 0.2) is 0 Å². The number of hydrogen-bond donors (Lipinski definition) is 2. The van der Waals surface area contributed by atoms with Gasteiger partial charge in [-0.2, -0.15) is 0 Å². The number of amides is 1. The monoisotopic (exact) mass is 277 g/mol. The molecule has 0 saturated carbocycles. The molecule has 5 nitrogen and oxygen atoms in total. The Bertz CT molecular complexity index is 528. The standard InChI is InChI=1S/C13H15N3O2S/c14-16-13(17)12-10(5-8-19-12)9-18-7-4-11-3-1-2-6-15-11/h1-3,5-6,8H,4,7,9,14H2,(H,16,17). The maximum atomic E-state index is 11.5. The highest BCUT2D eigenvalue weighted by molar-refractivity contribution is 7.12. The maximum absolute atomic E-state index is 11.5. The van der Waals surface area contributed by atoms with E-state index < -0.39 is 0 Å². The minimum absolute atomic E-state index is 0.279. The molecule has 2 aromatic heterocycles. The van der Waals surface area contributed by atoms with Gasteiger partial charge >= 0.3 is 0 Å². The number of hydrazine groups is 1. The molecule has 2 heterocycles. The van der Waals surface area contributed by atoms with E-state index in [9.17, 15) is 4.79 Å². The van der Waals surface area contributed by atoms with Crippen LogP contribution in [0.4, 0.5) is 0 Å². The average molecular weight is 277 g/mol. The summed E-state index contributed by atoms with van der Waals surface area (Å²) in [6, 6.07) is 7.66. The average Bonchev–Trinajstić information content (AvgIpc) is 2.92. The van der Waals surface area contributed by atoms with E-state index in [2.05, 4.69) is 10.4 Å².